The van der Waals surface area contributed by atoms with Gasteiger partial charge in [-0.25, -0.2) is 0 Å². The Morgan fingerprint density at radius 3 is 2.89 bits per heavy atom. The molecular weight excluding hydrogens is 408 g/mol. The summed E-state index contributed by atoms with van der Waals surface area (Å²) in [6, 6.07) is 11.5. The summed E-state index contributed by atoms with van der Waals surface area (Å²) in [6.07, 6.45) is 2.28. The molecule has 1 atom stereocenters. The fourth-order valence-electron chi connectivity index (χ4n) is 3.42. The van der Waals surface area contributed by atoms with Crippen molar-refractivity contribution in [3.8, 4) is 5.75 Å². The summed E-state index contributed by atoms with van der Waals surface area (Å²) in [5.41, 5.74) is 0.597. The average Bonchev–Trinajstić information content (AvgIpc) is 3.04. The van der Waals surface area contributed by atoms with Crippen LogP contribution in [0.25, 0.3) is 0 Å². The van der Waals surface area contributed by atoms with E-state index >= 15 is 0 Å². The predicted octanol–water partition coefficient (Wildman–Crippen LogP) is 4.47. The molecule has 0 spiro atoms. The number of ether oxygens (including phenoxy) is 1. The maximum atomic E-state index is 12.4. The lowest BCUT2D eigenvalue weighted by Crippen LogP contribution is -2.37. The lowest BCUT2D eigenvalue weighted by atomic mass is 9.99. The fraction of sp³-hybridized carbons (Fsp3) is 0.476. The van der Waals surface area contributed by atoms with Gasteiger partial charge in [0, 0.05) is 18.5 Å². The van der Waals surface area contributed by atoms with Crippen molar-refractivity contribution in [1.82, 2.24) is 10.2 Å². The monoisotopic (exact) mass is 434 g/mol. The molecule has 1 aliphatic rings. The number of rotatable bonds is 7. The SMILES string of the molecule is CC(C)NC(=O)c1ccccc1OCC1CCCN(Cc2ccc(Br)o2)C1. The molecule has 0 saturated carbocycles. The highest BCUT2D eigenvalue weighted by atomic mass is 79.9. The second-order valence-electron chi connectivity index (χ2n) is 7.38. The van der Waals surface area contributed by atoms with Gasteiger partial charge in [-0.15, -0.1) is 0 Å². The molecule has 0 radical (unpaired) electrons. The van der Waals surface area contributed by atoms with Crippen LogP contribution >= 0.6 is 15.9 Å². The highest BCUT2D eigenvalue weighted by Crippen LogP contribution is 2.24. The van der Waals surface area contributed by atoms with Crippen molar-refractivity contribution in [2.75, 3.05) is 19.7 Å². The third kappa shape index (κ3) is 5.84. The number of piperidine rings is 1. The Kier molecular flexibility index (Phi) is 6.96. The van der Waals surface area contributed by atoms with Crippen LogP contribution in [0.1, 0.15) is 42.8 Å². The Hall–Kier alpha value is -1.79. The van der Waals surface area contributed by atoms with Gasteiger partial charge in [0.05, 0.1) is 18.7 Å². The molecule has 0 aliphatic carbocycles. The number of furan rings is 1. The Labute approximate surface area is 169 Å². The van der Waals surface area contributed by atoms with Gasteiger partial charge in [0.1, 0.15) is 11.5 Å². The average molecular weight is 435 g/mol. The normalized spacial score (nSPS) is 17.9. The molecule has 1 amide bonds. The number of hydrogen-bond acceptors (Lipinski definition) is 4. The van der Waals surface area contributed by atoms with Crippen molar-refractivity contribution < 1.29 is 13.9 Å². The molecule has 3 rings (SSSR count). The van der Waals surface area contributed by atoms with Crippen LogP contribution in [0.3, 0.4) is 0 Å². The highest BCUT2D eigenvalue weighted by Gasteiger charge is 2.22. The minimum Gasteiger partial charge on any atom is -0.492 e. The molecule has 146 valence electrons. The zero-order valence-electron chi connectivity index (χ0n) is 15.9. The van der Waals surface area contributed by atoms with E-state index in [0.717, 1.165) is 42.9 Å². The van der Waals surface area contributed by atoms with E-state index in [1.54, 1.807) is 0 Å². The highest BCUT2D eigenvalue weighted by molar-refractivity contribution is 9.10. The molecule has 1 N–H and O–H groups in total. The van der Waals surface area contributed by atoms with Crippen LogP contribution in [0.15, 0.2) is 45.5 Å². The van der Waals surface area contributed by atoms with Gasteiger partial charge < -0.3 is 14.5 Å². The number of para-hydroxylation sites is 1. The van der Waals surface area contributed by atoms with Gasteiger partial charge >= 0.3 is 0 Å². The molecule has 1 aromatic carbocycles. The van der Waals surface area contributed by atoms with E-state index in [9.17, 15) is 4.79 Å². The predicted molar refractivity (Wildman–Crippen MR) is 109 cm³/mol. The number of likely N-dealkylation sites (tertiary alicyclic amines) is 1. The maximum absolute atomic E-state index is 12.4. The van der Waals surface area contributed by atoms with E-state index in [1.165, 1.54) is 0 Å². The number of carbonyl (C=O) groups excluding carboxylic acids is 1. The Morgan fingerprint density at radius 1 is 1.33 bits per heavy atom. The first kappa shape index (κ1) is 20.0. The number of benzene rings is 1. The van der Waals surface area contributed by atoms with Crippen LogP contribution in [-0.2, 0) is 6.54 Å². The first-order valence-electron chi connectivity index (χ1n) is 9.50. The van der Waals surface area contributed by atoms with Crippen LogP contribution in [-0.4, -0.2) is 36.5 Å². The molecule has 6 heteroatoms. The topological polar surface area (TPSA) is 54.7 Å². The first-order valence-corrected chi connectivity index (χ1v) is 10.3. The summed E-state index contributed by atoms with van der Waals surface area (Å²) in [4.78, 5) is 14.8. The number of amides is 1. The summed E-state index contributed by atoms with van der Waals surface area (Å²) in [7, 11) is 0. The van der Waals surface area contributed by atoms with Gasteiger partial charge in [-0.3, -0.25) is 9.69 Å². The smallest absolute Gasteiger partial charge is 0.255 e. The summed E-state index contributed by atoms with van der Waals surface area (Å²) in [5.74, 6) is 1.98. The quantitative estimate of drug-likeness (QED) is 0.697. The number of nitrogens with zero attached hydrogens (tertiary/aromatic N) is 1. The largest absolute Gasteiger partial charge is 0.492 e. The van der Waals surface area contributed by atoms with Gasteiger partial charge in [0.2, 0.25) is 0 Å². The lowest BCUT2D eigenvalue weighted by molar-refractivity contribution is 0.0931. The Bertz CT molecular complexity index is 759. The molecular formula is C21H27BrN2O3. The number of halogens is 1. The van der Waals surface area contributed by atoms with Crippen molar-refractivity contribution in [2.24, 2.45) is 5.92 Å². The molecule has 1 unspecified atom stereocenters. The third-order valence-electron chi connectivity index (χ3n) is 4.64. The summed E-state index contributed by atoms with van der Waals surface area (Å²) < 4.78 is 12.5. The van der Waals surface area contributed by atoms with E-state index in [1.807, 2.05) is 50.2 Å². The number of nitrogens with one attached hydrogen (secondary N) is 1. The lowest BCUT2D eigenvalue weighted by Gasteiger charge is -2.32. The molecule has 1 aromatic heterocycles. The Morgan fingerprint density at radius 2 is 2.15 bits per heavy atom. The maximum Gasteiger partial charge on any atom is 0.255 e. The van der Waals surface area contributed by atoms with E-state index in [2.05, 4.69) is 26.1 Å². The molecule has 0 bridgehead atoms. The Balaban J connectivity index is 1.56. The van der Waals surface area contributed by atoms with E-state index in [4.69, 9.17) is 9.15 Å². The van der Waals surface area contributed by atoms with Crippen LogP contribution in [0.2, 0.25) is 0 Å². The van der Waals surface area contributed by atoms with Crippen LogP contribution < -0.4 is 10.1 Å². The van der Waals surface area contributed by atoms with E-state index in [-0.39, 0.29) is 11.9 Å². The summed E-state index contributed by atoms with van der Waals surface area (Å²) >= 11 is 3.35. The van der Waals surface area contributed by atoms with E-state index in [0.29, 0.717) is 23.8 Å². The minimum atomic E-state index is -0.0886. The molecule has 27 heavy (non-hydrogen) atoms. The first-order chi connectivity index (χ1) is 13.0. The molecule has 1 aliphatic heterocycles. The zero-order chi connectivity index (χ0) is 19.2. The van der Waals surface area contributed by atoms with Gasteiger partial charge in [0.15, 0.2) is 4.67 Å². The van der Waals surface area contributed by atoms with Gasteiger partial charge in [-0.05, 0) is 73.4 Å². The standard InChI is InChI=1S/C21H27BrN2O3/c1-15(2)23-21(25)18-7-3-4-8-19(18)26-14-16-6-5-11-24(12-16)13-17-9-10-20(22)27-17/h3-4,7-10,15-16H,5-6,11-14H2,1-2H3,(H,23,25). The molecule has 5 nitrogen and oxygen atoms in total. The number of hydrogen-bond donors (Lipinski definition) is 1. The summed E-state index contributed by atoms with van der Waals surface area (Å²) in [6.45, 7) is 7.38. The molecule has 1 fully saturated rings. The second-order valence-corrected chi connectivity index (χ2v) is 8.17. The second kappa shape index (κ2) is 9.42. The third-order valence-corrected chi connectivity index (χ3v) is 5.06. The van der Waals surface area contributed by atoms with Crippen molar-refractivity contribution >= 4 is 21.8 Å². The van der Waals surface area contributed by atoms with Crippen LogP contribution in [0, 0.1) is 5.92 Å². The van der Waals surface area contributed by atoms with E-state index < -0.39 is 0 Å². The van der Waals surface area contributed by atoms with Crippen molar-refractivity contribution in [3.63, 3.8) is 0 Å². The van der Waals surface area contributed by atoms with Gasteiger partial charge in [-0.2, -0.15) is 0 Å². The van der Waals surface area contributed by atoms with Gasteiger partial charge in [0.25, 0.3) is 5.91 Å². The summed E-state index contributed by atoms with van der Waals surface area (Å²) in [5, 5.41) is 2.93. The molecule has 1 saturated heterocycles. The van der Waals surface area contributed by atoms with Crippen molar-refractivity contribution in [3.05, 3.63) is 52.4 Å². The van der Waals surface area contributed by atoms with Crippen molar-refractivity contribution in [1.29, 1.82) is 0 Å². The number of carbonyl (C=O) groups is 1. The van der Waals surface area contributed by atoms with Crippen LogP contribution in [0.4, 0.5) is 0 Å². The van der Waals surface area contributed by atoms with Crippen molar-refractivity contribution in [2.45, 2.75) is 39.3 Å². The minimum absolute atomic E-state index is 0.0886. The molecule has 2 aromatic rings. The molecule has 2 heterocycles. The zero-order valence-corrected chi connectivity index (χ0v) is 17.5. The van der Waals surface area contributed by atoms with Gasteiger partial charge in [-0.1, -0.05) is 12.1 Å². The van der Waals surface area contributed by atoms with Crippen LogP contribution in [0.5, 0.6) is 5.75 Å². The fourth-order valence-corrected chi connectivity index (χ4v) is 3.76.